The lowest BCUT2D eigenvalue weighted by Gasteiger charge is -2.18. The summed E-state index contributed by atoms with van der Waals surface area (Å²) in [6.45, 7) is 12.6. The maximum absolute atomic E-state index is 12.3. The molecule has 1 atom stereocenters. The van der Waals surface area contributed by atoms with Gasteiger partial charge in [0.05, 0.1) is 6.04 Å². The van der Waals surface area contributed by atoms with Crippen LogP contribution >= 0.6 is 0 Å². The second-order valence-electron chi connectivity index (χ2n) is 7.00. The third-order valence-electron chi connectivity index (χ3n) is 4.94. The zero-order valence-corrected chi connectivity index (χ0v) is 15.8. The summed E-state index contributed by atoms with van der Waals surface area (Å²) >= 11 is 0. The predicted octanol–water partition coefficient (Wildman–Crippen LogP) is 5.04. The summed E-state index contributed by atoms with van der Waals surface area (Å²) < 4.78 is 0. The van der Waals surface area contributed by atoms with Gasteiger partial charge in [-0.3, -0.25) is 4.79 Å². The molecule has 2 heteroatoms. The highest BCUT2D eigenvalue weighted by Crippen LogP contribution is 2.22. The monoisotopic (exact) mass is 323 g/mol. The van der Waals surface area contributed by atoms with Gasteiger partial charge in [-0.05, 0) is 86.9 Å². The molecular formula is C22H29NO. The number of carbonyl (C=O) groups is 1. The van der Waals surface area contributed by atoms with Gasteiger partial charge in [0, 0.05) is 6.42 Å². The van der Waals surface area contributed by atoms with Crippen molar-refractivity contribution in [2.24, 2.45) is 0 Å². The van der Waals surface area contributed by atoms with Gasteiger partial charge in [-0.1, -0.05) is 30.3 Å². The number of benzene rings is 2. The van der Waals surface area contributed by atoms with Crippen LogP contribution in [0.3, 0.4) is 0 Å². The normalized spacial score (nSPS) is 12.1. The first-order valence-corrected chi connectivity index (χ1v) is 8.71. The molecule has 0 heterocycles. The summed E-state index contributed by atoms with van der Waals surface area (Å²) in [4.78, 5) is 12.3. The van der Waals surface area contributed by atoms with E-state index in [0.29, 0.717) is 6.42 Å². The Kier molecular flexibility index (Phi) is 5.82. The molecule has 0 aliphatic rings. The minimum atomic E-state index is 0.0385. The molecule has 0 aliphatic heterocycles. The fraction of sp³-hybridized carbons (Fsp3) is 0.409. The van der Waals surface area contributed by atoms with Gasteiger partial charge in [0.2, 0.25) is 5.91 Å². The van der Waals surface area contributed by atoms with E-state index < -0.39 is 0 Å². The molecular weight excluding hydrogens is 294 g/mol. The quantitative estimate of drug-likeness (QED) is 0.820. The minimum Gasteiger partial charge on any atom is -0.350 e. The van der Waals surface area contributed by atoms with E-state index in [1.165, 1.54) is 38.9 Å². The van der Waals surface area contributed by atoms with Gasteiger partial charge < -0.3 is 5.32 Å². The average Bonchev–Trinajstić information content (AvgIpc) is 2.52. The van der Waals surface area contributed by atoms with Crippen molar-refractivity contribution < 1.29 is 4.79 Å². The van der Waals surface area contributed by atoms with Gasteiger partial charge in [0.1, 0.15) is 0 Å². The van der Waals surface area contributed by atoms with Gasteiger partial charge in [-0.15, -0.1) is 0 Å². The SMILES string of the molecule is Cc1ccc(CCC(=O)N[C@@H](C)c2cc(C)c(C)cc2C)cc1C. The first kappa shape index (κ1) is 18.3. The van der Waals surface area contributed by atoms with E-state index in [4.69, 9.17) is 0 Å². The van der Waals surface area contributed by atoms with E-state index in [-0.39, 0.29) is 11.9 Å². The molecule has 0 bridgehead atoms. The highest BCUT2D eigenvalue weighted by atomic mass is 16.1. The van der Waals surface area contributed by atoms with Crippen LogP contribution in [0.5, 0.6) is 0 Å². The summed E-state index contributed by atoms with van der Waals surface area (Å²) in [5.41, 5.74) is 8.81. The second-order valence-corrected chi connectivity index (χ2v) is 7.00. The van der Waals surface area contributed by atoms with Gasteiger partial charge in [0.15, 0.2) is 0 Å². The number of rotatable bonds is 5. The number of hydrogen-bond donors (Lipinski definition) is 1. The van der Waals surface area contributed by atoms with Gasteiger partial charge >= 0.3 is 0 Å². The number of nitrogens with one attached hydrogen (secondary N) is 1. The molecule has 2 aromatic rings. The highest BCUT2D eigenvalue weighted by Gasteiger charge is 2.13. The summed E-state index contributed by atoms with van der Waals surface area (Å²) in [6, 6.07) is 10.9. The Labute approximate surface area is 146 Å². The van der Waals surface area contributed by atoms with E-state index in [2.05, 4.69) is 77.2 Å². The molecule has 1 amide bonds. The number of carbonyl (C=O) groups excluding carboxylic acids is 1. The van der Waals surface area contributed by atoms with Crippen LogP contribution in [0, 0.1) is 34.6 Å². The number of aryl methyl sites for hydroxylation is 6. The van der Waals surface area contributed by atoms with Crippen molar-refractivity contribution in [3.8, 4) is 0 Å². The average molecular weight is 323 g/mol. The Hall–Kier alpha value is -2.09. The van der Waals surface area contributed by atoms with Crippen molar-refractivity contribution in [1.29, 1.82) is 0 Å². The molecule has 1 N–H and O–H groups in total. The van der Waals surface area contributed by atoms with Crippen LogP contribution in [0.1, 0.15) is 58.3 Å². The molecule has 128 valence electrons. The van der Waals surface area contributed by atoms with Crippen molar-refractivity contribution in [2.45, 2.75) is 60.4 Å². The molecule has 0 aromatic heterocycles. The van der Waals surface area contributed by atoms with E-state index in [9.17, 15) is 4.79 Å². The van der Waals surface area contributed by atoms with Crippen molar-refractivity contribution in [2.75, 3.05) is 0 Å². The zero-order valence-electron chi connectivity index (χ0n) is 15.8. The Morgan fingerprint density at radius 1 is 0.875 bits per heavy atom. The van der Waals surface area contributed by atoms with Crippen molar-refractivity contribution in [3.05, 3.63) is 69.3 Å². The first-order valence-electron chi connectivity index (χ1n) is 8.71. The molecule has 0 spiro atoms. The van der Waals surface area contributed by atoms with Crippen LogP contribution in [-0.2, 0) is 11.2 Å². The lowest BCUT2D eigenvalue weighted by atomic mass is 9.96. The number of hydrogen-bond acceptors (Lipinski definition) is 1. The molecule has 0 unspecified atom stereocenters. The second kappa shape index (κ2) is 7.65. The predicted molar refractivity (Wildman–Crippen MR) is 101 cm³/mol. The lowest BCUT2D eigenvalue weighted by Crippen LogP contribution is -2.27. The summed E-state index contributed by atoms with van der Waals surface area (Å²) in [6.07, 6.45) is 1.31. The molecule has 0 radical (unpaired) electrons. The fourth-order valence-electron chi connectivity index (χ4n) is 3.06. The molecule has 0 saturated carbocycles. The maximum Gasteiger partial charge on any atom is 0.220 e. The summed E-state index contributed by atoms with van der Waals surface area (Å²) in [5, 5.41) is 3.14. The smallest absolute Gasteiger partial charge is 0.220 e. The minimum absolute atomic E-state index is 0.0385. The van der Waals surface area contributed by atoms with Crippen LogP contribution in [0.25, 0.3) is 0 Å². The third-order valence-corrected chi connectivity index (χ3v) is 4.94. The molecule has 0 fully saturated rings. The maximum atomic E-state index is 12.3. The van der Waals surface area contributed by atoms with Gasteiger partial charge in [0.25, 0.3) is 0 Å². The largest absolute Gasteiger partial charge is 0.350 e. The van der Waals surface area contributed by atoms with Crippen LogP contribution in [0.2, 0.25) is 0 Å². The first-order chi connectivity index (χ1) is 11.3. The topological polar surface area (TPSA) is 29.1 Å². The third kappa shape index (κ3) is 4.47. The standard InChI is InChI=1S/C22H29NO/c1-14-7-8-20(12-16(14)3)9-10-22(24)23-19(6)21-13-17(4)15(2)11-18(21)5/h7-8,11-13,19H,9-10H2,1-6H3,(H,23,24)/t19-/m0/s1. The molecule has 0 saturated heterocycles. The zero-order chi connectivity index (χ0) is 17.9. The molecule has 24 heavy (non-hydrogen) atoms. The van der Waals surface area contributed by atoms with Gasteiger partial charge in [-0.25, -0.2) is 0 Å². The molecule has 2 nitrogen and oxygen atoms in total. The van der Waals surface area contributed by atoms with Gasteiger partial charge in [-0.2, -0.15) is 0 Å². The molecule has 0 aliphatic carbocycles. The van der Waals surface area contributed by atoms with Crippen molar-refractivity contribution >= 4 is 5.91 Å². The molecule has 2 rings (SSSR count). The Morgan fingerprint density at radius 3 is 2.17 bits per heavy atom. The lowest BCUT2D eigenvalue weighted by molar-refractivity contribution is -0.121. The number of amides is 1. The van der Waals surface area contributed by atoms with E-state index in [0.717, 1.165) is 6.42 Å². The van der Waals surface area contributed by atoms with Crippen LogP contribution in [0.15, 0.2) is 30.3 Å². The van der Waals surface area contributed by atoms with Crippen LogP contribution in [0.4, 0.5) is 0 Å². The van der Waals surface area contributed by atoms with Crippen molar-refractivity contribution in [1.82, 2.24) is 5.32 Å². The fourth-order valence-corrected chi connectivity index (χ4v) is 3.06. The molecule has 2 aromatic carbocycles. The summed E-state index contributed by atoms with van der Waals surface area (Å²) in [5.74, 6) is 0.110. The van der Waals surface area contributed by atoms with Crippen LogP contribution in [-0.4, -0.2) is 5.91 Å². The Balaban J connectivity index is 1.96. The van der Waals surface area contributed by atoms with E-state index in [1.807, 2.05) is 0 Å². The summed E-state index contributed by atoms with van der Waals surface area (Å²) in [7, 11) is 0. The Morgan fingerprint density at radius 2 is 1.50 bits per heavy atom. The van der Waals surface area contributed by atoms with Crippen LogP contribution < -0.4 is 5.32 Å². The van der Waals surface area contributed by atoms with Crippen molar-refractivity contribution in [3.63, 3.8) is 0 Å². The highest BCUT2D eigenvalue weighted by molar-refractivity contribution is 5.76. The Bertz CT molecular complexity index is 746. The van der Waals surface area contributed by atoms with E-state index >= 15 is 0 Å². The van der Waals surface area contributed by atoms with E-state index in [1.54, 1.807) is 0 Å².